The molecule has 8 nitrogen and oxygen atoms in total. The fourth-order valence-corrected chi connectivity index (χ4v) is 1.64. The summed E-state index contributed by atoms with van der Waals surface area (Å²) in [6.07, 6.45) is 0. The first kappa shape index (κ1) is 14.6. The van der Waals surface area contributed by atoms with E-state index in [-0.39, 0.29) is 18.1 Å². The van der Waals surface area contributed by atoms with Crippen LogP contribution < -0.4 is 16.2 Å². The van der Waals surface area contributed by atoms with Crippen molar-refractivity contribution in [3.8, 4) is 5.75 Å². The molecule has 8 heteroatoms. The quantitative estimate of drug-likeness (QED) is 0.594. The Balaban J connectivity index is 1.92. The summed E-state index contributed by atoms with van der Waals surface area (Å²) in [6.45, 7) is 2.66. The van der Waals surface area contributed by atoms with E-state index in [2.05, 4.69) is 10.3 Å². The topological polar surface area (TPSA) is 118 Å². The Morgan fingerprint density at radius 2 is 2.00 bits per heavy atom. The number of benzene rings is 1. The van der Waals surface area contributed by atoms with E-state index in [9.17, 15) is 4.79 Å². The van der Waals surface area contributed by atoms with Gasteiger partial charge in [0.25, 0.3) is 0 Å². The number of rotatable bonds is 6. The first-order valence-electron chi connectivity index (χ1n) is 6.46. The van der Waals surface area contributed by atoms with Crippen molar-refractivity contribution in [1.29, 1.82) is 0 Å². The molecule has 0 fully saturated rings. The van der Waals surface area contributed by atoms with Crippen molar-refractivity contribution in [3.63, 3.8) is 0 Å². The first-order chi connectivity index (χ1) is 10.1. The summed E-state index contributed by atoms with van der Waals surface area (Å²) in [5, 5.41) is 7.52. The van der Waals surface area contributed by atoms with Crippen molar-refractivity contribution in [1.82, 2.24) is 15.0 Å². The molecule has 2 aromatic rings. The molecule has 0 amide bonds. The lowest BCUT2D eigenvalue weighted by Gasteiger charge is -2.07. The second-order valence-corrected chi connectivity index (χ2v) is 4.18. The van der Waals surface area contributed by atoms with Crippen LogP contribution >= 0.6 is 0 Å². The minimum atomic E-state index is -0.583. The predicted molar refractivity (Wildman–Crippen MR) is 76.7 cm³/mol. The molecule has 1 heterocycles. The van der Waals surface area contributed by atoms with Gasteiger partial charge in [-0.25, -0.2) is 9.48 Å². The summed E-state index contributed by atoms with van der Waals surface area (Å²) >= 11 is 0. The molecule has 0 aliphatic carbocycles. The van der Waals surface area contributed by atoms with E-state index in [4.69, 9.17) is 20.9 Å². The lowest BCUT2D eigenvalue weighted by Crippen LogP contribution is -2.13. The van der Waals surface area contributed by atoms with E-state index in [0.29, 0.717) is 24.6 Å². The van der Waals surface area contributed by atoms with Crippen LogP contribution in [0.3, 0.4) is 0 Å². The molecule has 0 aliphatic heterocycles. The number of carbonyl (C=O) groups is 1. The second-order valence-electron chi connectivity index (χ2n) is 4.18. The molecule has 0 bridgehead atoms. The molecule has 2 rings (SSSR count). The van der Waals surface area contributed by atoms with Gasteiger partial charge in [-0.3, -0.25) is 0 Å². The molecule has 0 spiro atoms. The van der Waals surface area contributed by atoms with Crippen molar-refractivity contribution in [3.05, 3.63) is 30.0 Å². The van der Waals surface area contributed by atoms with Crippen LogP contribution in [0, 0.1) is 0 Å². The lowest BCUT2D eigenvalue weighted by atomic mass is 10.3. The van der Waals surface area contributed by atoms with E-state index in [0.717, 1.165) is 0 Å². The number of anilines is 2. The highest BCUT2D eigenvalue weighted by atomic mass is 16.5. The van der Waals surface area contributed by atoms with Gasteiger partial charge in [-0.15, -0.1) is 5.10 Å². The number of nitrogens with zero attached hydrogens (tertiary/aromatic N) is 3. The van der Waals surface area contributed by atoms with Crippen molar-refractivity contribution in [2.24, 2.45) is 0 Å². The Kier molecular flexibility index (Phi) is 4.60. The number of nitrogens with two attached hydrogens (primary N) is 2. The van der Waals surface area contributed by atoms with E-state index in [1.807, 2.05) is 0 Å². The predicted octanol–water partition coefficient (Wildman–Crippen LogP) is 0.698. The highest BCUT2D eigenvalue weighted by molar-refractivity contribution is 5.91. The Morgan fingerprint density at radius 1 is 1.29 bits per heavy atom. The molecule has 0 atom stereocenters. The van der Waals surface area contributed by atoms with Crippen molar-refractivity contribution >= 4 is 17.5 Å². The smallest absolute Gasteiger partial charge is 0.362 e. The molecule has 0 unspecified atom stereocenters. The Bertz CT molecular complexity index is 609. The van der Waals surface area contributed by atoms with Gasteiger partial charge in [-0.2, -0.15) is 0 Å². The van der Waals surface area contributed by atoms with E-state index in [1.165, 1.54) is 4.68 Å². The third kappa shape index (κ3) is 3.62. The lowest BCUT2D eigenvalue weighted by molar-refractivity contribution is 0.0520. The fourth-order valence-electron chi connectivity index (χ4n) is 1.64. The number of aromatic nitrogens is 3. The van der Waals surface area contributed by atoms with Crippen LogP contribution in [0.1, 0.15) is 17.4 Å². The maximum absolute atomic E-state index is 11.5. The average molecular weight is 291 g/mol. The Hall–Kier alpha value is -2.77. The van der Waals surface area contributed by atoms with Crippen molar-refractivity contribution < 1.29 is 14.3 Å². The molecule has 1 aromatic carbocycles. The molecule has 1 aromatic heterocycles. The third-order valence-corrected chi connectivity index (χ3v) is 2.69. The third-order valence-electron chi connectivity index (χ3n) is 2.69. The first-order valence-corrected chi connectivity index (χ1v) is 6.46. The van der Waals surface area contributed by atoms with Gasteiger partial charge >= 0.3 is 5.97 Å². The van der Waals surface area contributed by atoms with E-state index >= 15 is 0 Å². The van der Waals surface area contributed by atoms with Crippen molar-refractivity contribution in [2.75, 3.05) is 24.7 Å². The fraction of sp³-hybridized carbons (Fsp3) is 0.308. The number of carbonyl (C=O) groups excluding carboxylic acids is 1. The Labute approximate surface area is 121 Å². The van der Waals surface area contributed by atoms with Crippen LogP contribution in [0.2, 0.25) is 0 Å². The highest BCUT2D eigenvalue weighted by Gasteiger charge is 2.18. The zero-order chi connectivity index (χ0) is 15.2. The summed E-state index contributed by atoms with van der Waals surface area (Å²) < 4.78 is 11.7. The van der Waals surface area contributed by atoms with Gasteiger partial charge in [-0.1, -0.05) is 5.21 Å². The molecule has 4 N–H and O–H groups in total. The zero-order valence-corrected chi connectivity index (χ0v) is 11.7. The van der Waals surface area contributed by atoms with Gasteiger partial charge in [0.1, 0.15) is 12.4 Å². The molecule has 0 radical (unpaired) electrons. The molecule has 112 valence electrons. The maximum Gasteiger partial charge on any atom is 0.362 e. The summed E-state index contributed by atoms with van der Waals surface area (Å²) in [5.41, 5.74) is 12.1. The van der Waals surface area contributed by atoms with Crippen LogP contribution in [-0.4, -0.2) is 34.2 Å². The molecular formula is C13H17N5O3. The van der Waals surface area contributed by atoms with Gasteiger partial charge in [0.05, 0.1) is 13.2 Å². The SMILES string of the molecule is CCOC(=O)c1nnn(CCOc2ccc(N)cc2)c1N. The van der Waals surface area contributed by atoms with Crippen LogP contribution in [0.4, 0.5) is 11.5 Å². The second kappa shape index (κ2) is 6.60. The van der Waals surface area contributed by atoms with Gasteiger partial charge in [-0.05, 0) is 31.2 Å². The van der Waals surface area contributed by atoms with Gasteiger partial charge in [0.15, 0.2) is 5.82 Å². The number of ether oxygens (including phenoxy) is 2. The molecule has 21 heavy (non-hydrogen) atoms. The number of esters is 1. The summed E-state index contributed by atoms with van der Waals surface area (Å²) in [4.78, 5) is 11.5. The van der Waals surface area contributed by atoms with Crippen LogP contribution in [0.5, 0.6) is 5.75 Å². The van der Waals surface area contributed by atoms with Gasteiger partial charge < -0.3 is 20.9 Å². The van der Waals surface area contributed by atoms with E-state index < -0.39 is 5.97 Å². The normalized spacial score (nSPS) is 10.3. The van der Waals surface area contributed by atoms with Crippen molar-refractivity contribution in [2.45, 2.75) is 13.5 Å². The monoisotopic (exact) mass is 291 g/mol. The zero-order valence-electron chi connectivity index (χ0n) is 11.7. The van der Waals surface area contributed by atoms with Gasteiger partial charge in [0, 0.05) is 5.69 Å². The Morgan fingerprint density at radius 3 is 2.67 bits per heavy atom. The van der Waals surface area contributed by atoms with E-state index in [1.54, 1.807) is 31.2 Å². The highest BCUT2D eigenvalue weighted by Crippen LogP contribution is 2.14. The molecule has 0 saturated carbocycles. The van der Waals surface area contributed by atoms with Gasteiger partial charge in [0.2, 0.25) is 5.69 Å². The maximum atomic E-state index is 11.5. The van der Waals surface area contributed by atoms with Crippen LogP contribution in [-0.2, 0) is 11.3 Å². The van der Waals surface area contributed by atoms with Crippen LogP contribution in [0.25, 0.3) is 0 Å². The largest absolute Gasteiger partial charge is 0.492 e. The number of nitrogen functional groups attached to an aromatic ring is 2. The summed E-state index contributed by atoms with van der Waals surface area (Å²) in [7, 11) is 0. The minimum absolute atomic E-state index is 0.0179. The molecular weight excluding hydrogens is 274 g/mol. The summed E-state index contributed by atoms with van der Waals surface area (Å²) in [6, 6.07) is 7.03. The minimum Gasteiger partial charge on any atom is -0.492 e. The number of hydrogen-bond acceptors (Lipinski definition) is 7. The summed E-state index contributed by atoms with van der Waals surface area (Å²) in [5.74, 6) is 0.267. The molecule has 0 saturated heterocycles. The molecule has 0 aliphatic rings. The average Bonchev–Trinajstić information content (AvgIpc) is 2.83. The van der Waals surface area contributed by atoms with Crippen LogP contribution in [0.15, 0.2) is 24.3 Å². The number of hydrogen-bond donors (Lipinski definition) is 2. The standard InChI is InChI=1S/C13H17N5O3/c1-2-20-13(19)11-12(15)18(17-16-11)7-8-21-10-5-3-9(14)4-6-10/h3-6H,2,7-8,14-15H2,1H3.